The van der Waals surface area contributed by atoms with Crippen LogP contribution in [0, 0.1) is 0 Å². The van der Waals surface area contributed by atoms with Gasteiger partial charge in [0.2, 0.25) is 0 Å². The van der Waals surface area contributed by atoms with Gasteiger partial charge >= 0.3 is 5.97 Å². The van der Waals surface area contributed by atoms with Crippen LogP contribution in [0.15, 0.2) is 134 Å². The Balaban J connectivity index is 1.94. The van der Waals surface area contributed by atoms with Crippen LogP contribution in [0.2, 0.25) is 0 Å². The van der Waals surface area contributed by atoms with Gasteiger partial charge in [-0.1, -0.05) is 116 Å². The molecule has 33 heavy (non-hydrogen) atoms. The minimum Gasteiger partial charge on any atom is -0.490 e. The van der Waals surface area contributed by atoms with Crippen molar-refractivity contribution in [2.24, 2.45) is 0 Å². The fourth-order valence-corrected chi connectivity index (χ4v) is 4.29. The number of esters is 1. The van der Waals surface area contributed by atoms with E-state index >= 15 is 0 Å². The van der Waals surface area contributed by atoms with Gasteiger partial charge in [0.15, 0.2) is 6.10 Å². The number of hydrogen-bond acceptors (Lipinski definition) is 3. The quantitative estimate of drug-likeness (QED) is 0.179. The molecule has 0 aliphatic heterocycles. The Hall–Kier alpha value is -4.11. The summed E-state index contributed by atoms with van der Waals surface area (Å²) in [6, 6.07) is 39.9. The van der Waals surface area contributed by atoms with Gasteiger partial charge in [0, 0.05) is 6.08 Å². The zero-order valence-corrected chi connectivity index (χ0v) is 18.3. The Bertz CT molecular complexity index is 1060. The molecule has 0 aliphatic carbocycles. The summed E-state index contributed by atoms with van der Waals surface area (Å²) in [5.41, 5.74) is 2.19. The fraction of sp³-hybridized carbons (Fsp3) is 0.100. The van der Waals surface area contributed by atoms with E-state index in [1.807, 2.05) is 84.9 Å². The first kappa shape index (κ1) is 22.1. The van der Waals surface area contributed by atoms with Crippen molar-refractivity contribution in [2.45, 2.75) is 11.5 Å². The summed E-state index contributed by atoms with van der Waals surface area (Å²) in [4.78, 5) is 12.6. The Morgan fingerprint density at radius 1 is 0.697 bits per heavy atom. The van der Waals surface area contributed by atoms with Crippen LogP contribution in [-0.4, -0.2) is 18.7 Å². The maximum Gasteiger partial charge on any atom is 0.330 e. The van der Waals surface area contributed by atoms with Gasteiger partial charge in [-0.3, -0.25) is 0 Å². The van der Waals surface area contributed by atoms with E-state index in [0.717, 1.165) is 16.7 Å². The second-order valence-corrected chi connectivity index (χ2v) is 7.66. The molecule has 0 bridgehead atoms. The molecular weight excluding hydrogens is 408 g/mol. The van der Waals surface area contributed by atoms with Gasteiger partial charge in [-0.2, -0.15) is 0 Å². The molecule has 0 amide bonds. The van der Waals surface area contributed by atoms with E-state index in [0.29, 0.717) is 5.75 Å². The minimum absolute atomic E-state index is 0.155. The molecule has 0 radical (unpaired) electrons. The van der Waals surface area contributed by atoms with Crippen LogP contribution in [0.4, 0.5) is 0 Å². The molecule has 0 heterocycles. The third-order valence-electron chi connectivity index (χ3n) is 5.74. The van der Waals surface area contributed by atoms with E-state index in [9.17, 15) is 4.79 Å². The summed E-state index contributed by atoms with van der Waals surface area (Å²) in [6.45, 7) is 3.77. The SMILES string of the molecule is C=CC(=O)OC(COc1ccccc1)C(c1ccccc1)(c1ccccc1)c1ccccc1. The number of para-hydroxylation sites is 1. The van der Waals surface area contributed by atoms with Crippen molar-refractivity contribution >= 4 is 5.97 Å². The van der Waals surface area contributed by atoms with E-state index in [1.165, 1.54) is 6.08 Å². The van der Waals surface area contributed by atoms with E-state index in [4.69, 9.17) is 9.47 Å². The molecule has 0 aromatic heterocycles. The zero-order chi connectivity index (χ0) is 22.9. The van der Waals surface area contributed by atoms with Crippen molar-refractivity contribution < 1.29 is 14.3 Å². The second-order valence-electron chi connectivity index (χ2n) is 7.66. The largest absolute Gasteiger partial charge is 0.490 e. The Morgan fingerprint density at radius 2 is 1.09 bits per heavy atom. The number of benzene rings is 4. The molecule has 1 unspecified atom stereocenters. The molecule has 0 aliphatic rings. The number of carbonyl (C=O) groups excluding carboxylic acids is 1. The summed E-state index contributed by atoms with van der Waals surface area (Å²) in [7, 11) is 0. The van der Waals surface area contributed by atoms with E-state index in [-0.39, 0.29) is 6.61 Å². The number of hydrogen-bond donors (Lipinski definition) is 0. The summed E-state index contributed by atoms with van der Waals surface area (Å²) >= 11 is 0. The third kappa shape index (κ3) is 4.73. The van der Waals surface area contributed by atoms with Crippen molar-refractivity contribution in [3.63, 3.8) is 0 Å². The fourth-order valence-electron chi connectivity index (χ4n) is 4.29. The predicted octanol–water partition coefficient (Wildman–Crippen LogP) is 6.20. The molecule has 3 heteroatoms. The molecule has 0 N–H and O–H groups in total. The highest BCUT2D eigenvalue weighted by Crippen LogP contribution is 2.43. The smallest absolute Gasteiger partial charge is 0.330 e. The summed E-state index contributed by atoms with van der Waals surface area (Å²) in [5, 5.41) is 0. The molecule has 164 valence electrons. The Labute approximate surface area is 194 Å². The van der Waals surface area contributed by atoms with Crippen LogP contribution in [0.3, 0.4) is 0 Å². The van der Waals surface area contributed by atoms with Crippen molar-refractivity contribution in [3.05, 3.63) is 151 Å². The molecule has 1 atom stereocenters. The molecule has 4 aromatic rings. The van der Waals surface area contributed by atoms with Crippen LogP contribution in [-0.2, 0) is 14.9 Å². The Morgan fingerprint density at radius 3 is 1.48 bits per heavy atom. The van der Waals surface area contributed by atoms with Crippen LogP contribution in [0.1, 0.15) is 16.7 Å². The minimum atomic E-state index is -0.808. The van der Waals surface area contributed by atoms with Crippen molar-refractivity contribution in [3.8, 4) is 5.75 Å². The van der Waals surface area contributed by atoms with E-state index in [2.05, 4.69) is 43.0 Å². The predicted molar refractivity (Wildman–Crippen MR) is 131 cm³/mol. The van der Waals surface area contributed by atoms with E-state index in [1.54, 1.807) is 0 Å². The summed E-state index contributed by atoms with van der Waals surface area (Å²) in [6.07, 6.45) is 0.525. The highest BCUT2D eigenvalue weighted by Gasteiger charge is 2.46. The Kier molecular flexibility index (Phi) is 7.01. The first-order valence-electron chi connectivity index (χ1n) is 10.9. The maximum atomic E-state index is 12.6. The van der Waals surface area contributed by atoms with Gasteiger partial charge in [-0.25, -0.2) is 4.79 Å². The maximum absolute atomic E-state index is 12.6. The lowest BCUT2D eigenvalue weighted by Crippen LogP contribution is -2.47. The zero-order valence-electron chi connectivity index (χ0n) is 18.3. The lowest BCUT2D eigenvalue weighted by Gasteiger charge is -2.41. The normalized spacial score (nSPS) is 11.9. The number of ether oxygens (including phenoxy) is 2. The van der Waals surface area contributed by atoms with Gasteiger partial charge in [-0.15, -0.1) is 0 Å². The number of rotatable bonds is 9. The van der Waals surface area contributed by atoms with Gasteiger partial charge in [0.1, 0.15) is 12.4 Å². The third-order valence-corrected chi connectivity index (χ3v) is 5.74. The summed E-state index contributed by atoms with van der Waals surface area (Å²) < 4.78 is 12.2. The average Bonchev–Trinajstić information content (AvgIpc) is 2.90. The van der Waals surface area contributed by atoms with E-state index < -0.39 is 17.5 Å². The lowest BCUT2D eigenvalue weighted by atomic mass is 9.65. The second kappa shape index (κ2) is 10.5. The molecule has 3 nitrogen and oxygen atoms in total. The number of carbonyl (C=O) groups is 1. The lowest BCUT2D eigenvalue weighted by molar-refractivity contribution is -0.147. The molecule has 0 spiro atoms. The molecule has 0 saturated carbocycles. The van der Waals surface area contributed by atoms with Crippen molar-refractivity contribution in [1.29, 1.82) is 0 Å². The van der Waals surface area contributed by atoms with Gasteiger partial charge < -0.3 is 9.47 Å². The van der Waals surface area contributed by atoms with Crippen LogP contribution in [0.5, 0.6) is 5.75 Å². The highest BCUT2D eigenvalue weighted by atomic mass is 16.6. The van der Waals surface area contributed by atoms with Crippen molar-refractivity contribution in [2.75, 3.05) is 6.61 Å². The van der Waals surface area contributed by atoms with Gasteiger partial charge in [0.05, 0.1) is 5.41 Å². The molecule has 4 aromatic carbocycles. The summed E-state index contributed by atoms with van der Waals surface area (Å²) in [5.74, 6) is 0.212. The molecule has 0 saturated heterocycles. The van der Waals surface area contributed by atoms with Gasteiger partial charge in [0.25, 0.3) is 0 Å². The van der Waals surface area contributed by atoms with Crippen LogP contribution in [0.25, 0.3) is 0 Å². The monoisotopic (exact) mass is 434 g/mol. The standard InChI is InChI=1S/C30H26O3/c1-2-29(31)33-28(23-32-27-21-13-6-14-22-27)30(24-15-7-3-8-16-24,25-17-9-4-10-18-25)26-19-11-5-12-20-26/h2-22,28H,1,23H2. The van der Waals surface area contributed by atoms with Crippen molar-refractivity contribution in [1.82, 2.24) is 0 Å². The van der Waals surface area contributed by atoms with Gasteiger partial charge in [-0.05, 0) is 28.8 Å². The van der Waals surface area contributed by atoms with Crippen LogP contribution >= 0.6 is 0 Å². The first-order chi connectivity index (χ1) is 16.2. The molecule has 4 rings (SSSR count). The molecule has 0 fully saturated rings. The average molecular weight is 435 g/mol. The first-order valence-corrected chi connectivity index (χ1v) is 10.9. The highest BCUT2D eigenvalue weighted by molar-refractivity contribution is 5.81. The van der Waals surface area contributed by atoms with Crippen LogP contribution < -0.4 is 4.74 Å². The topological polar surface area (TPSA) is 35.5 Å². The molecular formula is C30H26O3.